The molecule has 1 heterocycles. The van der Waals surface area contributed by atoms with Crippen LogP contribution in [0.1, 0.15) is 47.2 Å². The number of halogens is 1. The molecule has 1 aliphatic rings. The summed E-state index contributed by atoms with van der Waals surface area (Å²) < 4.78 is 29.7. The molecule has 0 saturated heterocycles. The summed E-state index contributed by atoms with van der Waals surface area (Å²) in [7, 11) is 1.33. The maximum absolute atomic E-state index is 13.1. The second-order valence-corrected chi connectivity index (χ2v) is 7.95. The van der Waals surface area contributed by atoms with Gasteiger partial charge in [-0.2, -0.15) is 0 Å². The van der Waals surface area contributed by atoms with Gasteiger partial charge in [0.1, 0.15) is 5.82 Å². The Morgan fingerprint density at radius 2 is 1.82 bits per heavy atom. The highest BCUT2D eigenvalue weighted by Crippen LogP contribution is 2.39. The van der Waals surface area contributed by atoms with E-state index in [4.69, 9.17) is 14.2 Å². The van der Waals surface area contributed by atoms with Gasteiger partial charge >= 0.3 is 5.97 Å². The van der Waals surface area contributed by atoms with Crippen molar-refractivity contribution in [3.63, 3.8) is 0 Å². The molecule has 0 aromatic heterocycles. The molecule has 0 unspecified atom stereocenters. The number of allylic oxidation sites excluding steroid dienone is 1. The van der Waals surface area contributed by atoms with Crippen molar-refractivity contribution in [3.8, 4) is 0 Å². The lowest BCUT2D eigenvalue weighted by molar-refractivity contribution is -0.166. The summed E-state index contributed by atoms with van der Waals surface area (Å²) in [5.41, 5.74) is 2.06. The normalized spacial score (nSPS) is 19.6. The van der Waals surface area contributed by atoms with Crippen molar-refractivity contribution in [1.29, 1.82) is 0 Å². The van der Waals surface area contributed by atoms with E-state index in [0.717, 1.165) is 11.1 Å². The van der Waals surface area contributed by atoms with Gasteiger partial charge in [-0.05, 0) is 61.2 Å². The van der Waals surface area contributed by atoms with E-state index in [9.17, 15) is 19.1 Å². The van der Waals surface area contributed by atoms with Gasteiger partial charge in [0.05, 0.1) is 12.7 Å². The number of aliphatic hydroxyl groups is 1. The summed E-state index contributed by atoms with van der Waals surface area (Å²) in [4.78, 5) is 24.7. The van der Waals surface area contributed by atoms with Crippen LogP contribution in [0, 0.1) is 11.7 Å². The third-order valence-corrected chi connectivity index (χ3v) is 5.72. The van der Waals surface area contributed by atoms with Gasteiger partial charge in [0, 0.05) is 31.6 Å². The predicted octanol–water partition coefficient (Wildman–Crippen LogP) is 3.68. The van der Waals surface area contributed by atoms with Gasteiger partial charge in [-0.3, -0.25) is 4.79 Å². The first kappa shape index (κ1) is 25.4. The van der Waals surface area contributed by atoms with Gasteiger partial charge in [-0.25, -0.2) is 9.18 Å². The Bertz CT molecular complexity index is 989. The standard InChI is InChI=1S/C26H30FNO6/c1-3-33-26-21(5-4-14-29)22(18-8-10-19(11-9-18)25(31)32-2)15-23(34-26)24(30)28-16-17-6-12-20(27)13-7-17/h6-13,15,21-22,26,29H,3-5,14,16H2,1-2H3,(H,28,30)/t21-,22+,26+/m1/s1. The minimum Gasteiger partial charge on any atom is -0.465 e. The van der Waals surface area contributed by atoms with Crippen molar-refractivity contribution in [2.24, 2.45) is 5.92 Å². The highest BCUT2D eigenvalue weighted by molar-refractivity contribution is 5.92. The molecule has 0 radical (unpaired) electrons. The molecule has 1 amide bonds. The summed E-state index contributed by atoms with van der Waals surface area (Å²) in [5, 5.41) is 12.2. The number of aliphatic hydroxyl groups excluding tert-OH is 1. The van der Waals surface area contributed by atoms with Crippen molar-refractivity contribution >= 4 is 11.9 Å². The molecule has 2 aromatic rings. The van der Waals surface area contributed by atoms with Crippen molar-refractivity contribution in [2.75, 3.05) is 20.3 Å². The molecule has 8 heteroatoms. The molecule has 34 heavy (non-hydrogen) atoms. The molecular formula is C26H30FNO6. The molecule has 0 spiro atoms. The number of amides is 1. The molecule has 7 nitrogen and oxygen atoms in total. The third-order valence-electron chi connectivity index (χ3n) is 5.72. The second-order valence-electron chi connectivity index (χ2n) is 7.95. The SMILES string of the molecule is CCO[C@H]1OC(C(=O)NCc2ccc(F)cc2)=C[C@@H](c2ccc(C(=O)OC)cc2)[C@H]1CCCO. The van der Waals surface area contributed by atoms with E-state index in [1.165, 1.54) is 19.2 Å². The molecule has 0 fully saturated rings. The van der Waals surface area contributed by atoms with Gasteiger partial charge < -0.3 is 24.6 Å². The van der Waals surface area contributed by atoms with Crippen molar-refractivity contribution in [1.82, 2.24) is 5.32 Å². The summed E-state index contributed by atoms with van der Waals surface area (Å²) in [6.45, 7) is 2.47. The van der Waals surface area contributed by atoms with Gasteiger partial charge in [0.2, 0.25) is 6.29 Å². The molecule has 1 aliphatic heterocycles. The fourth-order valence-corrected chi connectivity index (χ4v) is 3.98. The molecular weight excluding hydrogens is 441 g/mol. The minimum atomic E-state index is -0.682. The number of esters is 1. The van der Waals surface area contributed by atoms with Crippen LogP contribution in [0.25, 0.3) is 0 Å². The monoisotopic (exact) mass is 471 g/mol. The number of carbonyl (C=O) groups excluding carboxylic acids is 2. The van der Waals surface area contributed by atoms with E-state index in [2.05, 4.69) is 5.32 Å². The number of rotatable bonds is 10. The zero-order chi connectivity index (χ0) is 24.5. The lowest BCUT2D eigenvalue weighted by atomic mass is 9.80. The van der Waals surface area contributed by atoms with Gasteiger partial charge in [-0.1, -0.05) is 24.3 Å². The van der Waals surface area contributed by atoms with E-state index >= 15 is 0 Å². The Kier molecular flexibility index (Phi) is 9.18. The molecule has 3 atom stereocenters. The van der Waals surface area contributed by atoms with E-state index in [1.54, 1.807) is 30.3 Å². The summed E-state index contributed by atoms with van der Waals surface area (Å²) in [6, 6.07) is 12.9. The van der Waals surface area contributed by atoms with Gasteiger partial charge in [-0.15, -0.1) is 0 Å². The smallest absolute Gasteiger partial charge is 0.337 e. The van der Waals surface area contributed by atoms with Crippen LogP contribution in [0.15, 0.2) is 60.4 Å². The Morgan fingerprint density at radius 3 is 2.44 bits per heavy atom. The maximum atomic E-state index is 13.1. The Hall–Kier alpha value is -3.23. The number of nitrogens with one attached hydrogen (secondary N) is 1. The molecule has 0 aliphatic carbocycles. The number of hydrogen-bond acceptors (Lipinski definition) is 6. The zero-order valence-electron chi connectivity index (χ0n) is 19.3. The molecule has 2 N–H and O–H groups in total. The lowest BCUT2D eigenvalue weighted by Crippen LogP contribution is -2.39. The number of benzene rings is 2. The Labute approximate surface area is 198 Å². The van der Waals surface area contributed by atoms with Crippen LogP contribution in [0.2, 0.25) is 0 Å². The average Bonchev–Trinajstić information content (AvgIpc) is 2.86. The largest absolute Gasteiger partial charge is 0.465 e. The zero-order valence-corrected chi connectivity index (χ0v) is 19.3. The molecule has 0 bridgehead atoms. The first-order chi connectivity index (χ1) is 16.5. The number of carbonyl (C=O) groups is 2. The fourth-order valence-electron chi connectivity index (χ4n) is 3.98. The molecule has 0 saturated carbocycles. The van der Waals surface area contributed by atoms with E-state index < -0.39 is 18.2 Å². The second kappa shape index (κ2) is 12.3. The topological polar surface area (TPSA) is 94.1 Å². The van der Waals surface area contributed by atoms with Crippen LogP contribution in [0.3, 0.4) is 0 Å². The number of ether oxygens (including phenoxy) is 3. The van der Waals surface area contributed by atoms with Crippen molar-refractivity contribution in [3.05, 3.63) is 82.9 Å². The first-order valence-corrected chi connectivity index (χ1v) is 11.3. The van der Waals surface area contributed by atoms with Crippen LogP contribution in [0.4, 0.5) is 4.39 Å². The van der Waals surface area contributed by atoms with E-state index in [-0.39, 0.29) is 36.6 Å². The van der Waals surface area contributed by atoms with Gasteiger partial charge in [0.25, 0.3) is 5.91 Å². The summed E-state index contributed by atoms with van der Waals surface area (Å²) in [6.07, 6.45) is 2.24. The van der Waals surface area contributed by atoms with Crippen LogP contribution in [-0.2, 0) is 25.5 Å². The first-order valence-electron chi connectivity index (χ1n) is 11.3. The van der Waals surface area contributed by atoms with E-state index in [1.807, 2.05) is 19.1 Å². The quantitative estimate of drug-likeness (QED) is 0.514. The fraction of sp³-hybridized carbons (Fsp3) is 0.385. The van der Waals surface area contributed by atoms with Gasteiger partial charge in [0.15, 0.2) is 5.76 Å². The number of methoxy groups -OCH3 is 1. The Balaban J connectivity index is 1.87. The minimum absolute atomic E-state index is 0.0259. The highest BCUT2D eigenvalue weighted by Gasteiger charge is 2.37. The van der Waals surface area contributed by atoms with Crippen LogP contribution in [-0.4, -0.2) is 43.6 Å². The molecule has 182 valence electrons. The lowest BCUT2D eigenvalue weighted by Gasteiger charge is -2.37. The summed E-state index contributed by atoms with van der Waals surface area (Å²) >= 11 is 0. The molecule has 2 aromatic carbocycles. The van der Waals surface area contributed by atoms with Crippen molar-refractivity contribution < 1.29 is 33.3 Å². The third kappa shape index (κ3) is 6.42. The summed E-state index contributed by atoms with van der Waals surface area (Å²) in [5.74, 6) is -1.45. The predicted molar refractivity (Wildman–Crippen MR) is 123 cm³/mol. The van der Waals surface area contributed by atoms with Crippen molar-refractivity contribution in [2.45, 2.75) is 38.5 Å². The van der Waals surface area contributed by atoms with Crippen LogP contribution < -0.4 is 5.32 Å². The molecule has 3 rings (SSSR count). The van der Waals surface area contributed by atoms with E-state index in [0.29, 0.717) is 25.0 Å². The maximum Gasteiger partial charge on any atom is 0.337 e. The average molecular weight is 472 g/mol. The Morgan fingerprint density at radius 1 is 1.12 bits per heavy atom. The van der Waals surface area contributed by atoms with Crippen LogP contribution in [0.5, 0.6) is 0 Å². The van der Waals surface area contributed by atoms with Crippen LogP contribution >= 0.6 is 0 Å². The highest BCUT2D eigenvalue weighted by atomic mass is 19.1. The number of hydrogen-bond donors (Lipinski definition) is 2.